The molecule has 3 rings (SSSR count). The molecular weight excluding hydrogens is 216 g/mol. The highest BCUT2D eigenvalue weighted by Crippen LogP contribution is 2.33. The molecule has 0 unspecified atom stereocenters. The van der Waals surface area contributed by atoms with Gasteiger partial charge in [-0.1, -0.05) is 13.8 Å². The number of rotatable bonds is 1. The maximum absolute atomic E-state index is 12.0. The Kier molecular flexibility index (Phi) is 1.98. The van der Waals surface area contributed by atoms with Crippen LogP contribution in [0.5, 0.6) is 0 Å². The molecule has 2 heterocycles. The van der Waals surface area contributed by atoms with E-state index in [9.17, 15) is 4.79 Å². The van der Waals surface area contributed by atoms with Crippen molar-refractivity contribution in [2.24, 2.45) is 5.41 Å². The van der Waals surface area contributed by atoms with Gasteiger partial charge in [-0.05, 0) is 17.9 Å². The fraction of sp³-hybridized carbons (Fsp3) is 0.417. The summed E-state index contributed by atoms with van der Waals surface area (Å²) in [6.07, 6.45) is 4.97. The monoisotopic (exact) mass is 230 g/mol. The number of carbonyl (C=O) groups excluding carboxylic acids is 1. The summed E-state index contributed by atoms with van der Waals surface area (Å²) in [5.74, 6) is 0.0954. The molecule has 0 amide bonds. The molecule has 0 saturated carbocycles. The van der Waals surface area contributed by atoms with E-state index in [4.69, 9.17) is 0 Å². The summed E-state index contributed by atoms with van der Waals surface area (Å²) in [5, 5.41) is 8.68. The highest BCUT2D eigenvalue weighted by atomic mass is 16.1. The van der Waals surface area contributed by atoms with E-state index in [1.54, 1.807) is 6.20 Å². The predicted octanol–water partition coefficient (Wildman–Crippen LogP) is 1.75. The smallest absolute Gasteiger partial charge is 0.185 e. The second kappa shape index (κ2) is 3.29. The van der Waals surface area contributed by atoms with Crippen LogP contribution in [0.4, 0.5) is 0 Å². The van der Waals surface area contributed by atoms with Crippen molar-refractivity contribution in [2.75, 3.05) is 0 Å². The lowest BCUT2D eigenvalue weighted by Crippen LogP contribution is -2.26. The van der Waals surface area contributed by atoms with Crippen LogP contribution in [-0.4, -0.2) is 25.8 Å². The molecule has 17 heavy (non-hydrogen) atoms. The van der Waals surface area contributed by atoms with Gasteiger partial charge < -0.3 is 4.98 Å². The average molecular weight is 230 g/mol. The Morgan fingerprint density at radius 2 is 2.18 bits per heavy atom. The van der Waals surface area contributed by atoms with E-state index >= 15 is 0 Å². The molecule has 0 atom stereocenters. The van der Waals surface area contributed by atoms with E-state index in [-0.39, 0.29) is 11.2 Å². The number of Topliss-reactive ketones (excluding diaryl/α,β-unsaturated/α-hetero) is 1. The van der Waals surface area contributed by atoms with Crippen molar-refractivity contribution in [3.8, 4) is 5.69 Å². The van der Waals surface area contributed by atoms with Crippen molar-refractivity contribution in [2.45, 2.75) is 26.7 Å². The summed E-state index contributed by atoms with van der Waals surface area (Å²) in [7, 11) is 0. The lowest BCUT2D eigenvalue weighted by Gasteiger charge is -2.26. The standard InChI is InChI=1S/C12H14N4O/c1-12(2)5-9-11(10(17)6-12)15-16(14-9)8-3-4-13-7-8/h3-4,7,13H,5-6H2,1-2H3. The summed E-state index contributed by atoms with van der Waals surface area (Å²) in [4.78, 5) is 16.4. The van der Waals surface area contributed by atoms with Crippen LogP contribution >= 0.6 is 0 Å². The first-order valence-corrected chi connectivity index (χ1v) is 5.68. The van der Waals surface area contributed by atoms with Crippen LogP contribution < -0.4 is 0 Å². The van der Waals surface area contributed by atoms with E-state index in [2.05, 4.69) is 29.0 Å². The minimum absolute atomic E-state index is 0.0108. The van der Waals surface area contributed by atoms with Crippen LogP contribution in [0.25, 0.3) is 5.69 Å². The number of hydrogen-bond donors (Lipinski definition) is 1. The Morgan fingerprint density at radius 3 is 2.88 bits per heavy atom. The molecular formula is C12H14N4O. The number of aromatic nitrogens is 4. The molecule has 0 saturated heterocycles. The van der Waals surface area contributed by atoms with Crippen LogP contribution in [0.3, 0.4) is 0 Å². The van der Waals surface area contributed by atoms with E-state index in [0.29, 0.717) is 12.1 Å². The van der Waals surface area contributed by atoms with E-state index < -0.39 is 0 Å². The number of nitrogens with one attached hydrogen (secondary N) is 1. The Balaban J connectivity index is 2.07. The lowest BCUT2D eigenvalue weighted by atomic mass is 9.77. The summed E-state index contributed by atoms with van der Waals surface area (Å²) in [6.45, 7) is 4.17. The van der Waals surface area contributed by atoms with Gasteiger partial charge >= 0.3 is 0 Å². The fourth-order valence-electron chi connectivity index (χ4n) is 2.26. The minimum Gasteiger partial charge on any atom is -0.366 e. The number of fused-ring (bicyclic) bond motifs is 1. The van der Waals surface area contributed by atoms with Crippen LogP contribution in [0.1, 0.15) is 36.5 Å². The van der Waals surface area contributed by atoms with E-state index in [1.165, 1.54) is 4.80 Å². The Hall–Kier alpha value is -1.91. The van der Waals surface area contributed by atoms with Crippen molar-refractivity contribution >= 4 is 5.78 Å². The topological polar surface area (TPSA) is 63.6 Å². The maximum atomic E-state index is 12.0. The molecule has 88 valence electrons. The number of nitrogens with zero attached hydrogens (tertiary/aromatic N) is 3. The second-order valence-corrected chi connectivity index (χ2v) is 5.29. The Bertz CT molecular complexity index is 565. The number of aromatic amines is 1. The fourth-order valence-corrected chi connectivity index (χ4v) is 2.26. The maximum Gasteiger partial charge on any atom is 0.185 e. The SMILES string of the molecule is CC1(C)CC(=O)c2nn(-c3cc[nH]c3)nc2C1. The minimum atomic E-state index is -0.0108. The van der Waals surface area contributed by atoms with Crippen molar-refractivity contribution in [3.63, 3.8) is 0 Å². The molecule has 1 aliphatic rings. The molecule has 2 aromatic heterocycles. The third kappa shape index (κ3) is 1.67. The van der Waals surface area contributed by atoms with Crippen molar-refractivity contribution in [1.29, 1.82) is 0 Å². The van der Waals surface area contributed by atoms with Crippen molar-refractivity contribution in [1.82, 2.24) is 20.0 Å². The number of carbonyl (C=O) groups is 1. The molecule has 2 aromatic rings. The molecule has 0 fully saturated rings. The zero-order chi connectivity index (χ0) is 12.0. The number of ketones is 1. The molecule has 0 bridgehead atoms. The van der Waals surface area contributed by atoms with Crippen molar-refractivity contribution < 1.29 is 4.79 Å². The molecule has 0 aliphatic heterocycles. The van der Waals surface area contributed by atoms with Gasteiger partial charge in [0.1, 0.15) is 5.69 Å². The van der Waals surface area contributed by atoms with Crippen molar-refractivity contribution in [3.05, 3.63) is 29.8 Å². The Morgan fingerprint density at radius 1 is 1.35 bits per heavy atom. The highest BCUT2D eigenvalue weighted by molar-refractivity contribution is 5.96. The van der Waals surface area contributed by atoms with E-state index in [0.717, 1.165) is 17.8 Å². The van der Waals surface area contributed by atoms with Gasteiger partial charge in [0.25, 0.3) is 0 Å². The van der Waals surface area contributed by atoms with Gasteiger partial charge in [0.15, 0.2) is 11.5 Å². The molecule has 0 radical (unpaired) electrons. The largest absolute Gasteiger partial charge is 0.366 e. The van der Waals surface area contributed by atoms with Crippen LogP contribution in [0.2, 0.25) is 0 Å². The summed E-state index contributed by atoms with van der Waals surface area (Å²) < 4.78 is 0. The molecule has 0 spiro atoms. The first-order chi connectivity index (χ1) is 8.05. The predicted molar refractivity (Wildman–Crippen MR) is 62.1 cm³/mol. The zero-order valence-corrected chi connectivity index (χ0v) is 9.90. The van der Waals surface area contributed by atoms with Gasteiger partial charge in [-0.15, -0.1) is 9.90 Å². The van der Waals surface area contributed by atoms with Gasteiger partial charge in [0.05, 0.1) is 5.69 Å². The van der Waals surface area contributed by atoms with Crippen LogP contribution in [0.15, 0.2) is 18.5 Å². The van der Waals surface area contributed by atoms with Crippen LogP contribution in [0, 0.1) is 5.41 Å². The van der Waals surface area contributed by atoms with Gasteiger partial charge in [-0.2, -0.15) is 5.10 Å². The average Bonchev–Trinajstić information content (AvgIpc) is 2.81. The van der Waals surface area contributed by atoms with Crippen LogP contribution in [-0.2, 0) is 6.42 Å². The first kappa shape index (κ1) is 10.3. The van der Waals surface area contributed by atoms with Gasteiger partial charge in [0.2, 0.25) is 0 Å². The van der Waals surface area contributed by atoms with Gasteiger partial charge in [0, 0.05) is 18.8 Å². The van der Waals surface area contributed by atoms with E-state index in [1.807, 2.05) is 12.3 Å². The second-order valence-electron chi connectivity index (χ2n) is 5.29. The number of hydrogen-bond acceptors (Lipinski definition) is 3. The summed E-state index contributed by atoms with van der Waals surface area (Å²) >= 11 is 0. The Labute approximate surface area is 98.8 Å². The summed E-state index contributed by atoms with van der Waals surface area (Å²) in [6, 6.07) is 1.88. The molecule has 1 N–H and O–H groups in total. The lowest BCUT2D eigenvalue weighted by molar-refractivity contribution is 0.0906. The molecule has 5 nitrogen and oxygen atoms in total. The number of H-pyrrole nitrogens is 1. The molecule has 1 aliphatic carbocycles. The third-order valence-electron chi connectivity index (χ3n) is 3.05. The summed E-state index contributed by atoms with van der Waals surface area (Å²) in [5.41, 5.74) is 2.19. The van der Waals surface area contributed by atoms with Gasteiger partial charge in [-0.25, -0.2) is 0 Å². The quantitative estimate of drug-likeness (QED) is 0.811. The first-order valence-electron chi connectivity index (χ1n) is 5.68. The normalized spacial score (nSPS) is 18.1. The third-order valence-corrected chi connectivity index (χ3v) is 3.05. The highest BCUT2D eigenvalue weighted by Gasteiger charge is 2.34. The zero-order valence-electron chi connectivity index (χ0n) is 9.90. The van der Waals surface area contributed by atoms with Gasteiger partial charge in [-0.3, -0.25) is 4.79 Å². The molecule has 0 aromatic carbocycles. The molecule has 5 heteroatoms.